The minimum absolute atomic E-state index is 0.0356. The van der Waals surface area contributed by atoms with Crippen LogP contribution in [0.5, 0.6) is 0 Å². The van der Waals surface area contributed by atoms with Crippen LogP contribution in [-0.2, 0) is 4.79 Å². The molecular weight excluding hydrogens is 440 g/mol. The van der Waals surface area contributed by atoms with Crippen LogP contribution in [0, 0.1) is 13.8 Å². The molecular formula is C24H28N4O2S2. The molecule has 4 rings (SSSR count). The molecule has 168 valence electrons. The summed E-state index contributed by atoms with van der Waals surface area (Å²) in [4.78, 5) is 40.3. The van der Waals surface area contributed by atoms with E-state index >= 15 is 0 Å². The smallest absolute Gasteiger partial charge is 0.253 e. The van der Waals surface area contributed by atoms with Crippen molar-refractivity contribution in [2.75, 3.05) is 31.9 Å². The number of carbonyl (C=O) groups is 2. The third kappa shape index (κ3) is 4.66. The van der Waals surface area contributed by atoms with Crippen LogP contribution in [0.3, 0.4) is 0 Å². The van der Waals surface area contributed by atoms with Gasteiger partial charge < -0.3 is 9.80 Å². The van der Waals surface area contributed by atoms with Crippen molar-refractivity contribution in [3.8, 4) is 0 Å². The summed E-state index contributed by atoms with van der Waals surface area (Å²) >= 11 is 3.13. The van der Waals surface area contributed by atoms with E-state index in [4.69, 9.17) is 0 Å². The van der Waals surface area contributed by atoms with Crippen LogP contribution >= 0.6 is 23.1 Å². The second-order valence-corrected chi connectivity index (χ2v) is 10.5. The van der Waals surface area contributed by atoms with Crippen molar-refractivity contribution in [2.24, 2.45) is 0 Å². The molecule has 0 unspecified atom stereocenters. The molecule has 1 aliphatic rings. The molecule has 0 saturated carbocycles. The molecule has 3 aromatic rings. The van der Waals surface area contributed by atoms with Gasteiger partial charge in [0.1, 0.15) is 16.2 Å². The largest absolute Gasteiger partial charge is 0.338 e. The summed E-state index contributed by atoms with van der Waals surface area (Å²) < 4.78 is 0. The first-order valence-electron chi connectivity index (χ1n) is 10.9. The standard InChI is InChI=1S/C24H28N4O2S2/c1-15(2)18-5-7-19(8-6-18)24(30)28-11-9-27(10-12-28)20(29)13-31-22-21-16(3)17(4)32-23(21)26-14-25-22/h5-8,14-15H,9-13H2,1-4H3. The first-order chi connectivity index (χ1) is 15.3. The van der Waals surface area contributed by atoms with Crippen molar-refractivity contribution in [1.82, 2.24) is 19.8 Å². The van der Waals surface area contributed by atoms with Gasteiger partial charge in [0, 0.05) is 42.0 Å². The quantitative estimate of drug-likeness (QED) is 0.407. The molecule has 8 heteroatoms. The molecule has 0 aliphatic carbocycles. The van der Waals surface area contributed by atoms with Crippen LogP contribution in [0.4, 0.5) is 0 Å². The average Bonchev–Trinajstić information content (AvgIpc) is 3.11. The van der Waals surface area contributed by atoms with E-state index in [0.717, 1.165) is 15.2 Å². The van der Waals surface area contributed by atoms with E-state index in [-0.39, 0.29) is 11.8 Å². The third-order valence-corrected chi connectivity index (χ3v) is 8.10. The molecule has 32 heavy (non-hydrogen) atoms. The number of hydrogen-bond donors (Lipinski definition) is 0. The van der Waals surface area contributed by atoms with E-state index in [0.29, 0.717) is 43.4 Å². The topological polar surface area (TPSA) is 66.4 Å². The predicted molar refractivity (Wildman–Crippen MR) is 131 cm³/mol. The number of aryl methyl sites for hydroxylation is 2. The Morgan fingerprint density at radius 2 is 1.69 bits per heavy atom. The number of aromatic nitrogens is 2. The van der Waals surface area contributed by atoms with Gasteiger partial charge in [-0.1, -0.05) is 37.7 Å². The van der Waals surface area contributed by atoms with Crippen molar-refractivity contribution in [3.05, 3.63) is 52.2 Å². The minimum atomic E-state index is 0.0356. The van der Waals surface area contributed by atoms with E-state index < -0.39 is 0 Å². The number of hydrogen-bond acceptors (Lipinski definition) is 6. The highest BCUT2D eigenvalue weighted by Gasteiger charge is 2.25. The summed E-state index contributed by atoms with van der Waals surface area (Å²) in [6.45, 7) is 10.7. The van der Waals surface area contributed by atoms with Gasteiger partial charge in [-0.3, -0.25) is 9.59 Å². The van der Waals surface area contributed by atoms with Crippen molar-refractivity contribution in [3.63, 3.8) is 0 Å². The van der Waals surface area contributed by atoms with Gasteiger partial charge in [0.25, 0.3) is 5.91 Å². The lowest BCUT2D eigenvalue weighted by Gasteiger charge is -2.34. The zero-order valence-corrected chi connectivity index (χ0v) is 20.6. The number of rotatable bonds is 5. The summed E-state index contributed by atoms with van der Waals surface area (Å²) in [7, 11) is 0. The van der Waals surface area contributed by atoms with Crippen molar-refractivity contribution < 1.29 is 9.59 Å². The molecule has 2 amide bonds. The average molecular weight is 469 g/mol. The molecule has 3 heterocycles. The highest BCUT2D eigenvalue weighted by atomic mass is 32.2. The van der Waals surface area contributed by atoms with Crippen LogP contribution in [0.25, 0.3) is 10.2 Å². The lowest BCUT2D eigenvalue weighted by molar-refractivity contribution is -0.129. The first kappa shape index (κ1) is 22.7. The van der Waals surface area contributed by atoms with E-state index in [9.17, 15) is 9.59 Å². The summed E-state index contributed by atoms with van der Waals surface area (Å²) in [6, 6.07) is 7.86. The Morgan fingerprint density at radius 1 is 1.03 bits per heavy atom. The summed E-state index contributed by atoms with van der Waals surface area (Å²) in [5.41, 5.74) is 3.12. The Bertz CT molecular complexity index is 1130. The summed E-state index contributed by atoms with van der Waals surface area (Å²) in [6.07, 6.45) is 1.57. The Hall–Kier alpha value is -2.45. The fourth-order valence-corrected chi connectivity index (χ4v) is 5.85. The maximum Gasteiger partial charge on any atom is 0.253 e. The molecule has 1 saturated heterocycles. The SMILES string of the molecule is Cc1sc2ncnc(SCC(=O)N3CCN(C(=O)c4ccc(C(C)C)cc4)CC3)c2c1C. The van der Waals surface area contributed by atoms with Crippen LogP contribution in [0.1, 0.15) is 46.1 Å². The second kappa shape index (κ2) is 9.58. The Labute approximate surface area is 197 Å². The molecule has 1 aromatic carbocycles. The second-order valence-electron chi connectivity index (χ2n) is 8.38. The Morgan fingerprint density at radius 3 is 2.34 bits per heavy atom. The van der Waals surface area contributed by atoms with Crippen LogP contribution in [-0.4, -0.2) is 63.5 Å². The highest BCUT2D eigenvalue weighted by Crippen LogP contribution is 2.34. The monoisotopic (exact) mass is 468 g/mol. The third-order valence-electron chi connectivity index (χ3n) is 6.01. The van der Waals surface area contributed by atoms with Crippen molar-refractivity contribution in [2.45, 2.75) is 38.6 Å². The lowest BCUT2D eigenvalue weighted by Crippen LogP contribution is -2.51. The van der Waals surface area contributed by atoms with Gasteiger partial charge in [-0.25, -0.2) is 9.97 Å². The number of benzene rings is 1. The first-order valence-corrected chi connectivity index (χ1v) is 12.7. The lowest BCUT2D eigenvalue weighted by atomic mass is 10.0. The van der Waals surface area contributed by atoms with Gasteiger partial charge in [-0.05, 0) is 43.0 Å². The molecule has 1 fully saturated rings. The molecule has 0 bridgehead atoms. The van der Waals surface area contributed by atoms with Gasteiger partial charge in [0.05, 0.1) is 5.75 Å². The van der Waals surface area contributed by atoms with Gasteiger partial charge >= 0.3 is 0 Å². The van der Waals surface area contributed by atoms with Gasteiger partial charge in [0.15, 0.2) is 0 Å². The maximum absolute atomic E-state index is 12.8. The van der Waals surface area contributed by atoms with Crippen LogP contribution in [0.15, 0.2) is 35.6 Å². The summed E-state index contributed by atoms with van der Waals surface area (Å²) in [5.74, 6) is 0.899. The maximum atomic E-state index is 12.8. The summed E-state index contributed by atoms with van der Waals surface area (Å²) in [5, 5.41) is 1.93. The highest BCUT2D eigenvalue weighted by molar-refractivity contribution is 8.00. The Kier molecular flexibility index (Phi) is 6.81. The van der Waals surface area contributed by atoms with Crippen LogP contribution in [0.2, 0.25) is 0 Å². The fraction of sp³-hybridized carbons (Fsp3) is 0.417. The van der Waals surface area contributed by atoms with Gasteiger partial charge in [-0.15, -0.1) is 11.3 Å². The van der Waals surface area contributed by atoms with E-state index in [1.54, 1.807) is 17.7 Å². The molecule has 0 atom stereocenters. The fourth-order valence-electron chi connectivity index (χ4n) is 3.83. The zero-order chi connectivity index (χ0) is 22.8. The minimum Gasteiger partial charge on any atom is -0.338 e. The van der Waals surface area contributed by atoms with Gasteiger partial charge in [0.2, 0.25) is 5.91 Å². The van der Waals surface area contributed by atoms with Crippen molar-refractivity contribution in [1.29, 1.82) is 0 Å². The van der Waals surface area contributed by atoms with Gasteiger partial charge in [-0.2, -0.15) is 0 Å². The normalized spacial score (nSPS) is 14.4. The molecule has 0 N–H and O–H groups in total. The Balaban J connectivity index is 1.32. The number of nitrogens with zero attached hydrogens (tertiary/aromatic N) is 4. The molecule has 2 aromatic heterocycles. The number of thiophene rings is 1. The zero-order valence-electron chi connectivity index (χ0n) is 18.9. The number of thioether (sulfide) groups is 1. The number of fused-ring (bicyclic) bond motifs is 1. The number of carbonyl (C=O) groups excluding carboxylic acids is 2. The molecule has 1 aliphatic heterocycles. The van der Waals surface area contributed by atoms with E-state index in [1.807, 2.05) is 34.1 Å². The molecule has 6 nitrogen and oxygen atoms in total. The van der Waals surface area contributed by atoms with E-state index in [2.05, 4.69) is 37.7 Å². The molecule has 0 spiro atoms. The number of amides is 2. The predicted octanol–water partition coefficient (Wildman–Crippen LogP) is 4.51. The number of piperazine rings is 1. The van der Waals surface area contributed by atoms with E-state index in [1.165, 1.54) is 27.8 Å². The van der Waals surface area contributed by atoms with Crippen molar-refractivity contribution >= 4 is 45.1 Å². The molecule has 0 radical (unpaired) electrons. The van der Waals surface area contributed by atoms with Crippen LogP contribution < -0.4 is 0 Å².